The zero-order valence-corrected chi connectivity index (χ0v) is 15.4. The Kier molecular flexibility index (Phi) is 6.00. The van der Waals surface area contributed by atoms with Crippen LogP contribution >= 0.6 is 11.3 Å². The molecule has 2 heterocycles. The normalized spacial score (nSPS) is 18.2. The molecule has 4 nitrogen and oxygen atoms in total. The maximum atomic E-state index is 9.13. The predicted octanol–water partition coefficient (Wildman–Crippen LogP) is 2.97. The molecule has 0 saturated carbocycles. The molecule has 1 N–H and O–H groups in total. The molecule has 0 radical (unpaired) electrons. The summed E-state index contributed by atoms with van der Waals surface area (Å²) in [6, 6.07) is 9.36. The Labute approximate surface area is 148 Å². The number of aliphatic hydroxyl groups is 1. The second-order valence-corrected chi connectivity index (χ2v) is 7.65. The quantitative estimate of drug-likeness (QED) is 0.874. The lowest BCUT2D eigenvalue weighted by molar-refractivity contribution is 0.0953. The first kappa shape index (κ1) is 17.5. The fourth-order valence-electron chi connectivity index (χ4n) is 3.37. The molecule has 2 aromatic rings. The van der Waals surface area contributed by atoms with Gasteiger partial charge in [0, 0.05) is 43.8 Å². The summed E-state index contributed by atoms with van der Waals surface area (Å²) in [5, 5.41) is 9.13. The van der Waals surface area contributed by atoms with Gasteiger partial charge in [0.05, 0.1) is 18.2 Å². The van der Waals surface area contributed by atoms with Gasteiger partial charge in [-0.15, -0.1) is 11.3 Å². The number of rotatable bonds is 6. The van der Waals surface area contributed by atoms with Crippen molar-refractivity contribution < 1.29 is 5.11 Å². The van der Waals surface area contributed by atoms with Crippen LogP contribution in [0.3, 0.4) is 0 Å². The Morgan fingerprint density at radius 3 is 2.29 bits per heavy atom. The standard InChI is InChI=1S/C19H27N3OS/c1-15(2)16-3-5-17(6-4-16)19(18-13-20-14-24-18)22-9-7-21(8-10-22)11-12-23/h3-6,13-15,19,23H,7-12H2,1-2H3/t19-/m1/s1. The fraction of sp³-hybridized carbons (Fsp3) is 0.526. The van der Waals surface area contributed by atoms with Crippen LogP contribution in [0.2, 0.25) is 0 Å². The number of piperazine rings is 1. The molecule has 0 unspecified atom stereocenters. The third-order valence-corrected chi connectivity index (χ3v) is 5.66. The lowest BCUT2D eigenvalue weighted by atomic mass is 9.97. The second-order valence-electron chi connectivity index (χ2n) is 6.73. The molecule has 1 atom stereocenters. The van der Waals surface area contributed by atoms with Crippen molar-refractivity contribution in [1.29, 1.82) is 0 Å². The Hall–Kier alpha value is -1.27. The van der Waals surface area contributed by atoms with Gasteiger partial charge in [-0.3, -0.25) is 14.8 Å². The zero-order chi connectivity index (χ0) is 16.9. The van der Waals surface area contributed by atoms with Gasteiger partial charge in [0.2, 0.25) is 0 Å². The van der Waals surface area contributed by atoms with Crippen LogP contribution in [0.1, 0.15) is 41.8 Å². The number of aliphatic hydroxyl groups excluding tert-OH is 1. The minimum Gasteiger partial charge on any atom is -0.395 e. The molecular weight excluding hydrogens is 318 g/mol. The summed E-state index contributed by atoms with van der Waals surface area (Å²) in [5.74, 6) is 0.558. The molecule has 5 heteroatoms. The lowest BCUT2D eigenvalue weighted by Crippen LogP contribution is -2.48. The van der Waals surface area contributed by atoms with E-state index in [0.717, 1.165) is 32.7 Å². The number of nitrogens with zero attached hydrogens (tertiary/aromatic N) is 3. The second kappa shape index (κ2) is 8.21. The van der Waals surface area contributed by atoms with Crippen LogP contribution in [0.15, 0.2) is 36.0 Å². The van der Waals surface area contributed by atoms with Crippen molar-refractivity contribution in [3.8, 4) is 0 Å². The van der Waals surface area contributed by atoms with Crippen LogP contribution in [0.4, 0.5) is 0 Å². The van der Waals surface area contributed by atoms with Gasteiger partial charge in [-0.1, -0.05) is 38.1 Å². The van der Waals surface area contributed by atoms with E-state index in [1.54, 1.807) is 11.3 Å². The highest BCUT2D eigenvalue weighted by Crippen LogP contribution is 2.32. The number of aromatic nitrogens is 1. The summed E-state index contributed by atoms with van der Waals surface area (Å²) in [4.78, 5) is 10.5. The van der Waals surface area contributed by atoms with Crippen LogP contribution in [0, 0.1) is 0 Å². The molecule has 0 bridgehead atoms. The van der Waals surface area contributed by atoms with E-state index in [4.69, 9.17) is 5.11 Å². The summed E-state index contributed by atoms with van der Waals surface area (Å²) < 4.78 is 0. The summed E-state index contributed by atoms with van der Waals surface area (Å²) >= 11 is 1.73. The highest BCUT2D eigenvalue weighted by molar-refractivity contribution is 7.09. The predicted molar refractivity (Wildman–Crippen MR) is 99.6 cm³/mol. The fourth-order valence-corrected chi connectivity index (χ4v) is 4.14. The van der Waals surface area contributed by atoms with Gasteiger partial charge in [-0.25, -0.2) is 0 Å². The van der Waals surface area contributed by atoms with Gasteiger partial charge in [0.15, 0.2) is 0 Å². The number of hydrogen-bond donors (Lipinski definition) is 1. The van der Waals surface area contributed by atoms with Gasteiger partial charge in [0.1, 0.15) is 0 Å². The molecular formula is C19H27N3OS. The molecule has 0 amide bonds. The van der Waals surface area contributed by atoms with Crippen molar-refractivity contribution in [1.82, 2.24) is 14.8 Å². The van der Waals surface area contributed by atoms with Gasteiger partial charge < -0.3 is 5.11 Å². The van der Waals surface area contributed by atoms with Crippen LogP contribution in [-0.2, 0) is 0 Å². The van der Waals surface area contributed by atoms with Gasteiger partial charge in [0.25, 0.3) is 0 Å². The monoisotopic (exact) mass is 345 g/mol. The minimum atomic E-state index is 0.245. The minimum absolute atomic E-state index is 0.245. The summed E-state index contributed by atoms with van der Waals surface area (Å²) in [6.45, 7) is 9.56. The molecule has 0 spiro atoms. The molecule has 0 aliphatic carbocycles. The van der Waals surface area contributed by atoms with Crippen molar-refractivity contribution in [3.63, 3.8) is 0 Å². The highest BCUT2D eigenvalue weighted by Gasteiger charge is 2.27. The van der Waals surface area contributed by atoms with E-state index >= 15 is 0 Å². The maximum absolute atomic E-state index is 9.13. The Bertz CT molecular complexity index is 604. The molecule has 130 valence electrons. The van der Waals surface area contributed by atoms with E-state index < -0.39 is 0 Å². The molecule has 1 aromatic heterocycles. The molecule has 24 heavy (non-hydrogen) atoms. The smallest absolute Gasteiger partial charge is 0.0794 e. The number of hydrogen-bond acceptors (Lipinski definition) is 5. The van der Waals surface area contributed by atoms with Gasteiger partial charge in [-0.05, 0) is 17.0 Å². The third kappa shape index (κ3) is 4.03. The Morgan fingerprint density at radius 1 is 1.08 bits per heavy atom. The molecule has 3 rings (SSSR count). The van der Waals surface area contributed by atoms with E-state index in [9.17, 15) is 0 Å². The van der Waals surface area contributed by atoms with Crippen LogP contribution in [0.25, 0.3) is 0 Å². The van der Waals surface area contributed by atoms with E-state index in [1.807, 2.05) is 11.7 Å². The van der Waals surface area contributed by atoms with E-state index in [-0.39, 0.29) is 12.6 Å². The SMILES string of the molecule is CC(C)c1ccc([C@H](c2cncs2)N2CCN(CCO)CC2)cc1. The number of benzene rings is 1. The molecule has 1 fully saturated rings. The van der Waals surface area contributed by atoms with Crippen molar-refractivity contribution >= 4 is 11.3 Å². The average Bonchev–Trinajstić information content (AvgIpc) is 3.11. The maximum Gasteiger partial charge on any atom is 0.0794 e. The van der Waals surface area contributed by atoms with E-state index in [0.29, 0.717) is 5.92 Å². The van der Waals surface area contributed by atoms with Crippen LogP contribution < -0.4 is 0 Å². The summed E-state index contributed by atoms with van der Waals surface area (Å²) in [7, 11) is 0. The first-order valence-electron chi connectivity index (χ1n) is 8.74. The first-order valence-corrected chi connectivity index (χ1v) is 9.62. The average molecular weight is 346 g/mol. The molecule has 1 saturated heterocycles. The number of thiazole rings is 1. The molecule has 1 aliphatic rings. The largest absolute Gasteiger partial charge is 0.395 e. The Balaban J connectivity index is 1.80. The van der Waals surface area contributed by atoms with E-state index in [1.165, 1.54) is 16.0 Å². The summed E-state index contributed by atoms with van der Waals surface area (Å²) in [6.07, 6.45) is 2.01. The zero-order valence-electron chi connectivity index (χ0n) is 14.6. The van der Waals surface area contributed by atoms with Crippen molar-refractivity contribution in [3.05, 3.63) is 52.0 Å². The van der Waals surface area contributed by atoms with Crippen LogP contribution in [-0.4, -0.2) is 59.2 Å². The highest BCUT2D eigenvalue weighted by atomic mass is 32.1. The van der Waals surface area contributed by atoms with Gasteiger partial charge >= 0.3 is 0 Å². The third-order valence-electron chi connectivity index (χ3n) is 4.83. The van der Waals surface area contributed by atoms with Crippen molar-refractivity contribution in [2.24, 2.45) is 0 Å². The Morgan fingerprint density at radius 2 is 1.75 bits per heavy atom. The summed E-state index contributed by atoms with van der Waals surface area (Å²) in [5.41, 5.74) is 4.65. The van der Waals surface area contributed by atoms with Crippen LogP contribution in [0.5, 0.6) is 0 Å². The first-order chi connectivity index (χ1) is 11.7. The molecule has 1 aromatic carbocycles. The molecule has 1 aliphatic heterocycles. The van der Waals surface area contributed by atoms with Crippen molar-refractivity contribution in [2.75, 3.05) is 39.3 Å². The van der Waals surface area contributed by atoms with Gasteiger partial charge in [-0.2, -0.15) is 0 Å². The van der Waals surface area contributed by atoms with E-state index in [2.05, 4.69) is 52.9 Å². The topological polar surface area (TPSA) is 39.6 Å². The lowest BCUT2D eigenvalue weighted by Gasteiger charge is -2.39. The number of β-amino-alcohol motifs (C(OH)–C–C–N with tert-alkyl or cyclic N) is 1. The van der Waals surface area contributed by atoms with Crippen molar-refractivity contribution in [2.45, 2.75) is 25.8 Å².